The molecular weight excluding hydrogens is 321 g/mol. The smallest absolute Gasteiger partial charge is 0.234 e. The largest absolute Gasteiger partial charge is 0.325 e. The summed E-state index contributed by atoms with van der Waals surface area (Å²) in [6.45, 7) is 3.63. The van der Waals surface area contributed by atoms with E-state index < -0.39 is 5.41 Å². The molecule has 0 aromatic heterocycles. The molecule has 0 fully saturated rings. The van der Waals surface area contributed by atoms with Gasteiger partial charge in [-0.3, -0.25) is 4.79 Å². The van der Waals surface area contributed by atoms with E-state index in [-0.39, 0.29) is 11.7 Å². The van der Waals surface area contributed by atoms with Crippen molar-refractivity contribution in [3.8, 4) is 0 Å². The summed E-state index contributed by atoms with van der Waals surface area (Å²) in [6.07, 6.45) is 0. The molecule has 0 aliphatic heterocycles. The SMILES string of the molecule is CC(C)(C(=O)Nc1cccc(Br)c1)c1ccc(F)cc1. The Hall–Kier alpha value is -1.68. The fraction of sp³-hybridized carbons (Fsp3) is 0.188. The Bertz CT molecular complexity index is 623. The van der Waals surface area contributed by atoms with Crippen LogP contribution in [0, 0.1) is 5.82 Å². The van der Waals surface area contributed by atoms with Gasteiger partial charge in [-0.15, -0.1) is 0 Å². The van der Waals surface area contributed by atoms with Crippen molar-refractivity contribution < 1.29 is 9.18 Å². The van der Waals surface area contributed by atoms with E-state index in [1.807, 2.05) is 38.1 Å². The number of rotatable bonds is 3. The summed E-state index contributed by atoms with van der Waals surface area (Å²) in [5.41, 5.74) is 0.752. The predicted octanol–water partition coefficient (Wildman–Crippen LogP) is 4.50. The molecule has 2 aromatic rings. The van der Waals surface area contributed by atoms with Gasteiger partial charge in [0.05, 0.1) is 5.41 Å². The van der Waals surface area contributed by atoms with E-state index in [0.29, 0.717) is 0 Å². The number of hydrogen-bond acceptors (Lipinski definition) is 1. The van der Waals surface area contributed by atoms with Crippen molar-refractivity contribution >= 4 is 27.5 Å². The topological polar surface area (TPSA) is 29.1 Å². The van der Waals surface area contributed by atoms with Crippen LogP contribution in [0.25, 0.3) is 0 Å². The van der Waals surface area contributed by atoms with Crippen molar-refractivity contribution in [2.45, 2.75) is 19.3 Å². The van der Waals surface area contributed by atoms with Gasteiger partial charge in [-0.25, -0.2) is 4.39 Å². The summed E-state index contributed by atoms with van der Waals surface area (Å²) >= 11 is 3.36. The van der Waals surface area contributed by atoms with Crippen LogP contribution in [0.4, 0.5) is 10.1 Å². The van der Waals surface area contributed by atoms with Gasteiger partial charge in [0, 0.05) is 10.2 Å². The van der Waals surface area contributed by atoms with E-state index in [1.54, 1.807) is 12.1 Å². The van der Waals surface area contributed by atoms with E-state index >= 15 is 0 Å². The van der Waals surface area contributed by atoms with Gasteiger partial charge in [0.2, 0.25) is 5.91 Å². The number of carbonyl (C=O) groups excluding carboxylic acids is 1. The van der Waals surface area contributed by atoms with Gasteiger partial charge in [0.1, 0.15) is 5.82 Å². The first-order valence-electron chi connectivity index (χ1n) is 6.22. The highest BCUT2D eigenvalue weighted by Crippen LogP contribution is 2.26. The zero-order valence-electron chi connectivity index (χ0n) is 11.3. The van der Waals surface area contributed by atoms with Crippen LogP contribution in [-0.2, 0) is 10.2 Å². The second kappa shape index (κ2) is 5.75. The fourth-order valence-electron chi connectivity index (χ4n) is 1.85. The Kier molecular flexibility index (Phi) is 4.23. The van der Waals surface area contributed by atoms with Crippen LogP contribution in [0.2, 0.25) is 0 Å². The summed E-state index contributed by atoms with van der Waals surface area (Å²) in [6, 6.07) is 13.4. The maximum Gasteiger partial charge on any atom is 0.234 e. The van der Waals surface area contributed by atoms with Gasteiger partial charge in [0.15, 0.2) is 0 Å². The summed E-state index contributed by atoms with van der Waals surface area (Å²) in [7, 11) is 0. The van der Waals surface area contributed by atoms with E-state index in [2.05, 4.69) is 21.2 Å². The van der Waals surface area contributed by atoms with E-state index in [9.17, 15) is 9.18 Å². The molecule has 2 aromatic carbocycles. The third kappa shape index (κ3) is 3.25. The number of anilines is 1. The number of amides is 1. The molecule has 0 radical (unpaired) electrons. The second-order valence-corrected chi connectivity index (χ2v) is 6.01. The van der Waals surface area contributed by atoms with Crippen LogP contribution in [0.5, 0.6) is 0 Å². The standard InChI is InChI=1S/C16H15BrFNO/c1-16(2,11-6-8-13(18)9-7-11)15(20)19-14-5-3-4-12(17)10-14/h3-10H,1-2H3,(H,19,20). The minimum atomic E-state index is -0.740. The number of nitrogens with one attached hydrogen (secondary N) is 1. The average Bonchev–Trinajstić information content (AvgIpc) is 2.39. The van der Waals surface area contributed by atoms with Crippen LogP contribution in [-0.4, -0.2) is 5.91 Å². The average molecular weight is 336 g/mol. The first-order chi connectivity index (χ1) is 9.39. The Morgan fingerprint density at radius 1 is 1.15 bits per heavy atom. The molecule has 0 aliphatic carbocycles. The van der Waals surface area contributed by atoms with Crippen molar-refractivity contribution in [3.05, 3.63) is 64.4 Å². The maximum absolute atomic E-state index is 13.0. The highest BCUT2D eigenvalue weighted by Gasteiger charge is 2.29. The molecule has 2 nitrogen and oxygen atoms in total. The highest BCUT2D eigenvalue weighted by molar-refractivity contribution is 9.10. The summed E-state index contributed by atoms with van der Waals surface area (Å²) in [4.78, 5) is 12.4. The zero-order valence-corrected chi connectivity index (χ0v) is 12.9. The lowest BCUT2D eigenvalue weighted by atomic mass is 9.83. The Labute approximate surface area is 126 Å². The molecule has 0 spiro atoms. The molecule has 20 heavy (non-hydrogen) atoms. The van der Waals surface area contributed by atoms with Crippen LogP contribution >= 0.6 is 15.9 Å². The van der Waals surface area contributed by atoms with E-state index in [1.165, 1.54) is 12.1 Å². The number of carbonyl (C=O) groups is 1. The zero-order chi connectivity index (χ0) is 14.8. The van der Waals surface area contributed by atoms with Gasteiger partial charge in [-0.1, -0.05) is 34.1 Å². The molecule has 0 bridgehead atoms. The Balaban J connectivity index is 2.21. The minimum absolute atomic E-state index is 0.137. The van der Waals surface area contributed by atoms with Gasteiger partial charge < -0.3 is 5.32 Å². The third-order valence-corrected chi connectivity index (χ3v) is 3.71. The van der Waals surface area contributed by atoms with Crippen LogP contribution < -0.4 is 5.32 Å². The maximum atomic E-state index is 13.0. The monoisotopic (exact) mass is 335 g/mol. The van der Waals surface area contributed by atoms with Gasteiger partial charge in [-0.05, 0) is 49.7 Å². The molecule has 0 heterocycles. The summed E-state index contributed by atoms with van der Waals surface area (Å²) < 4.78 is 13.9. The number of halogens is 2. The summed E-state index contributed by atoms with van der Waals surface area (Å²) in [5.74, 6) is -0.445. The molecule has 4 heteroatoms. The fourth-order valence-corrected chi connectivity index (χ4v) is 2.25. The lowest BCUT2D eigenvalue weighted by Crippen LogP contribution is -2.34. The predicted molar refractivity (Wildman–Crippen MR) is 82.2 cm³/mol. The van der Waals surface area contributed by atoms with Crippen LogP contribution in [0.3, 0.4) is 0 Å². The number of benzene rings is 2. The molecule has 2 rings (SSSR count). The minimum Gasteiger partial charge on any atom is -0.325 e. The van der Waals surface area contributed by atoms with Crippen molar-refractivity contribution in [1.82, 2.24) is 0 Å². The van der Waals surface area contributed by atoms with Crippen molar-refractivity contribution in [3.63, 3.8) is 0 Å². The molecule has 1 N–H and O–H groups in total. The van der Waals surface area contributed by atoms with Crippen molar-refractivity contribution in [2.75, 3.05) is 5.32 Å². The molecular formula is C16H15BrFNO. The molecule has 0 aliphatic rings. The number of hydrogen-bond donors (Lipinski definition) is 1. The highest BCUT2D eigenvalue weighted by atomic mass is 79.9. The first-order valence-corrected chi connectivity index (χ1v) is 7.02. The Morgan fingerprint density at radius 3 is 2.40 bits per heavy atom. The van der Waals surface area contributed by atoms with E-state index in [0.717, 1.165) is 15.7 Å². The van der Waals surface area contributed by atoms with Gasteiger partial charge >= 0.3 is 0 Å². The van der Waals surface area contributed by atoms with Crippen LogP contribution in [0.1, 0.15) is 19.4 Å². The first kappa shape index (κ1) is 14.7. The van der Waals surface area contributed by atoms with Crippen LogP contribution in [0.15, 0.2) is 53.0 Å². The molecule has 0 unspecified atom stereocenters. The van der Waals surface area contributed by atoms with Crippen molar-refractivity contribution in [1.29, 1.82) is 0 Å². The normalized spacial score (nSPS) is 11.2. The van der Waals surface area contributed by atoms with Crippen molar-refractivity contribution in [2.24, 2.45) is 0 Å². The molecule has 0 atom stereocenters. The molecule has 1 amide bonds. The lowest BCUT2D eigenvalue weighted by Gasteiger charge is -2.24. The Morgan fingerprint density at radius 2 is 1.80 bits per heavy atom. The van der Waals surface area contributed by atoms with Gasteiger partial charge in [-0.2, -0.15) is 0 Å². The molecule has 104 valence electrons. The quantitative estimate of drug-likeness (QED) is 0.878. The molecule has 0 saturated carbocycles. The molecule has 0 saturated heterocycles. The van der Waals surface area contributed by atoms with E-state index in [4.69, 9.17) is 0 Å². The van der Waals surface area contributed by atoms with Gasteiger partial charge in [0.25, 0.3) is 0 Å². The summed E-state index contributed by atoms with van der Waals surface area (Å²) in [5, 5.41) is 2.87. The lowest BCUT2D eigenvalue weighted by molar-refractivity contribution is -0.120. The third-order valence-electron chi connectivity index (χ3n) is 3.22. The second-order valence-electron chi connectivity index (χ2n) is 5.10.